The van der Waals surface area contributed by atoms with Gasteiger partial charge in [0.15, 0.2) is 6.10 Å². The van der Waals surface area contributed by atoms with Crippen molar-refractivity contribution in [2.45, 2.75) is 24.7 Å². The van der Waals surface area contributed by atoms with Gasteiger partial charge in [-0.3, -0.25) is 0 Å². The van der Waals surface area contributed by atoms with Gasteiger partial charge in [-0.05, 0) is 42.5 Å². The second-order valence-electron chi connectivity index (χ2n) is 8.14. The van der Waals surface area contributed by atoms with Crippen molar-refractivity contribution in [1.82, 2.24) is 0 Å². The molecule has 4 nitrogen and oxygen atoms in total. The highest BCUT2D eigenvalue weighted by Crippen LogP contribution is 2.37. The molecule has 0 amide bonds. The van der Waals surface area contributed by atoms with E-state index in [1.807, 2.05) is 0 Å². The fraction of sp³-hybridized carbons (Fsp3) is 0.280. The first-order valence-electron chi connectivity index (χ1n) is 10.6. The van der Waals surface area contributed by atoms with E-state index in [4.69, 9.17) is 4.74 Å². The predicted octanol–water partition coefficient (Wildman–Crippen LogP) is 6.42. The van der Waals surface area contributed by atoms with Crippen LogP contribution in [0.25, 0.3) is 0 Å². The maximum atomic E-state index is 15.0. The first kappa shape index (κ1) is 27.1. The average Bonchev–Trinajstić information content (AvgIpc) is 2.81. The molecule has 3 rings (SSSR count). The number of alkyl halides is 6. The molecule has 1 N–H and O–H groups in total. The van der Waals surface area contributed by atoms with Gasteiger partial charge in [0.25, 0.3) is 0 Å². The molecule has 0 heterocycles. The van der Waals surface area contributed by atoms with E-state index in [-0.39, 0.29) is 11.4 Å². The van der Waals surface area contributed by atoms with Crippen molar-refractivity contribution in [2.75, 3.05) is 30.4 Å². The Morgan fingerprint density at radius 1 is 0.833 bits per heavy atom. The number of nitrogens with zero attached hydrogens (tertiary/aromatic N) is 2. The van der Waals surface area contributed by atoms with Gasteiger partial charge in [0.1, 0.15) is 11.6 Å². The van der Waals surface area contributed by atoms with E-state index in [1.165, 1.54) is 36.4 Å². The van der Waals surface area contributed by atoms with Crippen molar-refractivity contribution in [2.24, 2.45) is 0 Å². The lowest BCUT2D eigenvalue weighted by molar-refractivity contribution is -0.201. The Balaban J connectivity index is 2.20. The quantitative estimate of drug-likeness (QED) is 0.277. The molecule has 0 aliphatic heterocycles. The van der Waals surface area contributed by atoms with Crippen LogP contribution in [0.15, 0.2) is 72.8 Å². The van der Waals surface area contributed by atoms with Crippen molar-refractivity contribution < 1.29 is 40.6 Å². The van der Waals surface area contributed by atoms with Crippen LogP contribution in [0, 0.1) is 5.82 Å². The zero-order valence-electron chi connectivity index (χ0n) is 19.2. The van der Waals surface area contributed by atoms with Crippen LogP contribution >= 0.6 is 0 Å². The second kappa shape index (κ2) is 10.7. The molecule has 0 saturated heterocycles. The molecule has 0 saturated carbocycles. The Morgan fingerprint density at radius 2 is 1.47 bits per heavy atom. The normalized spacial score (nSPS) is 13.7. The van der Waals surface area contributed by atoms with Crippen LogP contribution in [0.2, 0.25) is 0 Å². The monoisotopic (exact) mass is 516 g/mol. The van der Waals surface area contributed by atoms with E-state index in [9.17, 15) is 35.8 Å². The molecule has 36 heavy (non-hydrogen) atoms. The molecule has 3 aromatic rings. The van der Waals surface area contributed by atoms with Crippen molar-refractivity contribution in [1.29, 1.82) is 0 Å². The van der Waals surface area contributed by atoms with Crippen LogP contribution in [0.1, 0.15) is 17.4 Å². The summed E-state index contributed by atoms with van der Waals surface area (Å²) in [6.45, 7) is -1.14. The number of anilines is 2. The Kier molecular flexibility index (Phi) is 8.02. The summed E-state index contributed by atoms with van der Waals surface area (Å²) in [5.74, 6) is -1.07. The minimum atomic E-state index is -5.05. The molecule has 0 aliphatic carbocycles. The lowest BCUT2D eigenvalue weighted by Gasteiger charge is -2.36. The van der Waals surface area contributed by atoms with Gasteiger partial charge in [-0.2, -0.15) is 26.3 Å². The van der Waals surface area contributed by atoms with Crippen molar-refractivity contribution >= 4 is 11.4 Å². The van der Waals surface area contributed by atoms with Gasteiger partial charge >= 0.3 is 12.4 Å². The molecule has 3 aromatic carbocycles. The summed E-state index contributed by atoms with van der Waals surface area (Å²) < 4.78 is 101. The number of halogens is 7. The fourth-order valence-electron chi connectivity index (χ4n) is 3.41. The smallest absolute Gasteiger partial charge is 0.416 e. The SMILES string of the molecule is CN(C)c1cccc(OC(c2cc(C(F)(F)F)ccc2F)N(CC(O)C(F)(F)F)c2ccccc2)c1. The van der Waals surface area contributed by atoms with Gasteiger partial charge in [-0.25, -0.2) is 4.39 Å². The summed E-state index contributed by atoms with van der Waals surface area (Å²) in [5.41, 5.74) is -1.18. The summed E-state index contributed by atoms with van der Waals surface area (Å²) in [6.07, 6.45) is -14.6. The van der Waals surface area contributed by atoms with Crippen LogP contribution in [0.3, 0.4) is 0 Å². The van der Waals surface area contributed by atoms with E-state index in [0.29, 0.717) is 23.9 Å². The van der Waals surface area contributed by atoms with Crippen molar-refractivity contribution in [3.63, 3.8) is 0 Å². The van der Waals surface area contributed by atoms with Crippen LogP contribution in [0.4, 0.5) is 42.1 Å². The predicted molar refractivity (Wildman–Crippen MR) is 121 cm³/mol. The summed E-state index contributed by atoms with van der Waals surface area (Å²) in [5, 5.41) is 9.85. The van der Waals surface area contributed by atoms with Crippen molar-refractivity contribution in [3.8, 4) is 5.75 Å². The van der Waals surface area contributed by atoms with Gasteiger partial charge in [-0.15, -0.1) is 0 Å². The number of para-hydroxylation sites is 1. The number of aliphatic hydroxyl groups excluding tert-OH is 1. The standard InChI is InChI=1S/C25H23F7N2O2/c1-33(2)18-9-6-10-19(14-18)36-23(20-13-16(24(27,28)29)11-12-21(20)26)34(15-22(35)25(30,31)32)17-7-4-3-5-8-17/h3-14,22-23,35H,15H2,1-2H3. The first-order valence-corrected chi connectivity index (χ1v) is 10.6. The summed E-state index contributed by atoms with van der Waals surface area (Å²) in [4.78, 5) is 2.58. The number of benzene rings is 3. The molecule has 2 unspecified atom stereocenters. The lowest BCUT2D eigenvalue weighted by Crippen LogP contribution is -2.44. The minimum Gasteiger partial charge on any atom is -0.466 e. The van der Waals surface area contributed by atoms with E-state index < -0.39 is 48.2 Å². The molecule has 11 heteroatoms. The average molecular weight is 516 g/mol. The zero-order valence-corrected chi connectivity index (χ0v) is 19.2. The molecule has 0 bridgehead atoms. The topological polar surface area (TPSA) is 35.9 Å². The molecule has 0 radical (unpaired) electrons. The summed E-state index contributed by atoms with van der Waals surface area (Å²) in [7, 11) is 3.44. The third-order valence-electron chi connectivity index (χ3n) is 5.29. The Hall–Kier alpha value is -3.47. The van der Waals surface area contributed by atoms with Gasteiger partial charge in [0.05, 0.1) is 12.1 Å². The molecule has 2 atom stereocenters. The highest BCUT2D eigenvalue weighted by molar-refractivity contribution is 5.52. The van der Waals surface area contributed by atoms with E-state index in [1.54, 1.807) is 37.2 Å². The summed E-state index contributed by atoms with van der Waals surface area (Å²) >= 11 is 0. The second-order valence-corrected chi connectivity index (χ2v) is 8.14. The number of ether oxygens (including phenoxy) is 1. The van der Waals surface area contributed by atoms with E-state index in [2.05, 4.69) is 0 Å². The largest absolute Gasteiger partial charge is 0.466 e. The number of hydrogen-bond acceptors (Lipinski definition) is 4. The van der Waals surface area contributed by atoms with Gasteiger partial charge in [0, 0.05) is 37.1 Å². The molecular weight excluding hydrogens is 493 g/mol. The highest BCUT2D eigenvalue weighted by Gasteiger charge is 2.42. The van der Waals surface area contributed by atoms with Crippen LogP contribution in [0.5, 0.6) is 5.75 Å². The van der Waals surface area contributed by atoms with Crippen LogP contribution in [-0.2, 0) is 6.18 Å². The first-order chi connectivity index (χ1) is 16.8. The molecule has 0 fully saturated rings. The Morgan fingerprint density at radius 3 is 2.06 bits per heavy atom. The zero-order chi connectivity index (χ0) is 26.7. The molecular formula is C25H23F7N2O2. The maximum Gasteiger partial charge on any atom is 0.416 e. The van der Waals surface area contributed by atoms with Gasteiger partial charge in [-0.1, -0.05) is 24.3 Å². The third kappa shape index (κ3) is 6.60. The third-order valence-corrected chi connectivity index (χ3v) is 5.29. The van der Waals surface area contributed by atoms with Gasteiger partial charge < -0.3 is 19.6 Å². The van der Waals surface area contributed by atoms with E-state index >= 15 is 0 Å². The lowest BCUT2D eigenvalue weighted by atomic mass is 10.1. The molecule has 194 valence electrons. The molecule has 0 spiro atoms. The highest BCUT2D eigenvalue weighted by atomic mass is 19.4. The van der Waals surface area contributed by atoms with Crippen LogP contribution in [-0.4, -0.2) is 38.0 Å². The van der Waals surface area contributed by atoms with Crippen molar-refractivity contribution in [3.05, 3.63) is 89.7 Å². The number of rotatable bonds is 8. The fourth-order valence-corrected chi connectivity index (χ4v) is 3.41. The van der Waals surface area contributed by atoms with E-state index in [0.717, 1.165) is 4.90 Å². The summed E-state index contributed by atoms with van der Waals surface area (Å²) in [6, 6.07) is 15.1. The van der Waals surface area contributed by atoms with Gasteiger partial charge in [0.2, 0.25) is 6.23 Å². The maximum absolute atomic E-state index is 15.0. The molecule has 0 aliphatic rings. The molecule has 0 aromatic heterocycles. The minimum absolute atomic E-state index is 0.0606. The number of aliphatic hydroxyl groups is 1. The Labute approximate surface area is 203 Å². The van der Waals surface area contributed by atoms with Crippen LogP contribution < -0.4 is 14.5 Å². The Bertz CT molecular complexity index is 1150. The number of hydrogen-bond donors (Lipinski definition) is 1.